The zero-order chi connectivity index (χ0) is 14.0. The van der Waals surface area contributed by atoms with Crippen molar-refractivity contribution in [2.45, 2.75) is 20.4 Å². The van der Waals surface area contributed by atoms with Crippen LogP contribution < -0.4 is 10.9 Å². The van der Waals surface area contributed by atoms with Crippen LogP contribution in [0.3, 0.4) is 0 Å². The number of hydrogen-bond donors (Lipinski definition) is 2. The standard InChI is InChI=1S/C13H16N4O2/c1-8-11(9(2)17(3)16-8)7-15-13(19)10-4-5-14-12(18)6-10/h4-6H,7H2,1-3H3,(H,14,18)(H,15,19). The van der Waals surface area contributed by atoms with Gasteiger partial charge in [-0.1, -0.05) is 0 Å². The van der Waals surface area contributed by atoms with E-state index in [1.165, 1.54) is 12.3 Å². The lowest BCUT2D eigenvalue weighted by atomic mass is 10.2. The van der Waals surface area contributed by atoms with Gasteiger partial charge in [0.2, 0.25) is 5.56 Å². The molecule has 2 N–H and O–H groups in total. The average Bonchev–Trinajstić information content (AvgIpc) is 2.61. The van der Waals surface area contributed by atoms with Gasteiger partial charge >= 0.3 is 0 Å². The van der Waals surface area contributed by atoms with E-state index in [1.54, 1.807) is 10.7 Å². The zero-order valence-electron chi connectivity index (χ0n) is 11.2. The molecule has 1 amide bonds. The molecule has 0 saturated carbocycles. The number of aromatic nitrogens is 3. The predicted octanol–water partition coefficient (Wildman–Crippen LogP) is 0.655. The quantitative estimate of drug-likeness (QED) is 0.850. The number of carbonyl (C=O) groups excluding carboxylic acids is 1. The summed E-state index contributed by atoms with van der Waals surface area (Å²) in [6.45, 7) is 4.26. The molecule has 0 radical (unpaired) electrons. The molecular formula is C13H16N4O2. The highest BCUT2D eigenvalue weighted by Gasteiger charge is 2.11. The molecule has 19 heavy (non-hydrogen) atoms. The summed E-state index contributed by atoms with van der Waals surface area (Å²) >= 11 is 0. The second-order valence-corrected chi connectivity index (χ2v) is 4.40. The second-order valence-electron chi connectivity index (χ2n) is 4.40. The van der Waals surface area contributed by atoms with E-state index < -0.39 is 0 Å². The third-order valence-corrected chi connectivity index (χ3v) is 3.12. The highest BCUT2D eigenvalue weighted by Crippen LogP contribution is 2.11. The van der Waals surface area contributed by atoms with E-state index in [0.717, 1.165) is 17.0 Å². The molecule has 0 aliphatic carbocycles. The van der Waals surface area contributed by atoms with Gasteiger partial charge in [0, 0.05) is 42.7 Å². The molecule has 0 unspecified atom stereocenters. The minimum atomic E-state index is -0.290. The molecule has 6 nitrogen and oxygen atoms in total. The monoisotopic (exact) mass is 260 g/mol. The Morgan fingerprint density at radius 3 is 2.79 bits per heavy atom. The van der Waals surface area contributed by atoms with Crippen LogP contribution in [0, 0.1) is 13.8 Å². The number of aryl methyl sites for hydroxylation is 2. The minimum absolute atomic E-state index is 0.270. The molecule has 0 fully saturated rings. The van der Waals surface area contributed by atoms with Crippen LogP contribution in [0.1, 0.15) is 27.3 Å². The zero-order valence-corrected chi connectivity index (χ0v) is 11.2. The van der Waals surface area contributed by atoms with E-state index in [9.17, 15) is 9.59 Å². The summed E-state index contributed by atoms with van der Waals surface area (Å²) in [6, 6.07) is 2.85. The highest BCUT2D eigenvalue weighted by molar-refractivity contribution is 5.93. The van der Waals surface area contributed by atoms with Crippen molar-refractivity contribution >= 4 is 5.91 Å². The Kier molecular flexibility index (Phi) is 3.50. The maximum absolute atomic E-state index is 11.9. The number of nitrogens with zero attached hydrogens (tertiary/aromatic N) is 2. The van der Waals surface area contributed by atoms with E-state index in [0.29, 0.717) is 12.1 Å². The van der Waals surface area contributed by atoms with E-state index in [1.807, 2.05) is 20.9 Å². The molecule has 0 saturated heterocycles. The summed E-state index contributed by atoms with van der Waals surface area (Å²) in [4.78, 5) is 25.5. The summed E-state index contributed by atoms with van der Waals surface area (Å²) in [5.41, 5.74) is 2.97. The van der Waals surface area contributed by atoms with Crippen LogP contribution in [0.2, 0.25) is 0 Å². The Morgan fingerprint density at radius 2 is 2.21 bits per heavy atom. The number of H-pyrrole nitrogens is 1. The fraction of sp³-hybridized carbons (Fsp3) is 0.308. The van der Waals surface area contributed by atoms with E-state index >= 15 is 0 Å². The molecule has 0 aromatic carbocycles. The summed E-state index contributed by atoms with van der Waals surface area (Å²) in [5.74, 6) is -0.270. The van der Waals surface area contributed by atoms with Gasteiger partial charge in [0.25, 0.3) is 5.91 Å². The Morgan fingerprint density at radius 1 is 1.47 bits per heavy atom. The van der Waals surface area contributed by atoms with Crippen molar-refractivity contribution in [2.75, 3.05) is 0 Å². The van der Waals surface area contributed by atoms with E-state index in [4.69, 9.17) is 0 Å². The first-order chi connectivity index (χ1) is 8.99. The van der Waals surface area contributed by atoms with Gasteiger partial charge in [-0.05, 0) is 19.9 Å². The van der Waals surface area contributed by atoms with Crippen molar-refractivity contribution in [3.63, 3.8) is 0 Å². The summed E-state index contributed by atoms with van der Waals surface area (Å²) < 4.78 is 1.78. The van der Waals surface area contributed by atoms with Gasteiger partial charge in [-0.25, -0.2) is 0 Å². The van der Waals surface area contributed by atoms with Crippen LogP contribution in [-0.4, -0.2) is 20.7 Å². The Hall–Kier alpha value is -2.37. The molecule has 6 heteroatoms. The highest BCUT2D eigenvalue weighted by atomic mass is 16.2. The number of aromatic amines is 1. The lowest BCUT2D eigenvalue weighted by molar-refractivity contribution is 0.0950. The van der Waals surface area contributed by atoms with E-state index in [2.05, 4.69) is 15.4 Å². The number of nitrogens with one attached hydrogen (secondary N) is 2. The van der Waals surface area contributed by atoms with Gasteiger partial charge in [-0.3, -0.25) is 14.3 Å². The van der Waals surface area contributed by atoms with Gasteiger partial charge in [0.1, 0.15) is 0 Å². The third-order valence-electron chi connectivity index (χ3n) is 3.12. The normalized spacial score (nSPS) is 10.5. The molecule has 100 valence electrons. The first-order valence-electron chi connectivity index (χ1n) is 5.95. The van der Waals surface area contributed by atoms with Crippen molar-refractivity contribution in [1.82, 2.24) is 20.1 Å². The fourth-order valence-corrected chi connectivity index (χ4v) is 1.93. The first kappa shape index (κ1) is 13.1. The Bertz CT molecular complexity index is 670. The molecule has 0 aliphatic heterocycles. The van der Waals surface area contributed by atoms with Gasteiger partial charge in [0.15, 0.2) is 0 Å². The lowest BCUT2D eigenvalue weighted by Crippen LogP contribution is -2.24. The molecule has 2 aromatic heterocycles. The van der Waals surface area contributed by atoms with Crippen molar-refractivity contribution in [1.29, 1.82) is 0 Å². The van der Waals surface area contributed by atoms with Crippen LogP contribution >= 0.6 is 0 Å². The Labute approximate surface area is 110 Å². The van der Waals surface area contributed by atoms with Gasteiger partial charge in [-0.2, -0.15) is 5.10 Å². The number of hydrogen-bond acceptors (Lipinski definition) is 3. The topological polar surface area (TPSA) is 79.8 Å². The van der Waals surface area contributed by atoms with Crippen LogP contribution in [0.4, 0.5) is 0 Å². The SMILES string of the molecule is Cc1nn(C)c(C)c1CNC(=O)c1cc[nH]c(=O)c1. The van der Waals surface area contributed by atoms with Gasteiger partial charge < -0.3 is 10.3 Å². The van der Waals surface area contributed by atoms with Crippen molar-refractivity contribution in [3.05, 3.63) is 51.2 Å². The lowest BCUT2D eigenvalue weighted by Gasteiger charge is -2.05. The summed E-state index contributed by atoms with van der Waals surface area (Å²) in [6.07, 6.45) is 1.46. The van der Waals surface area contributed by atoms with Crippen LogP contribution in [-0.2, 0) is 13.6 Å². The molecule has 2 rings (SSSR count). The molecule has 0 bridgehead atoms. The molecule has 0 atom stereocenters. The smallest absolute Gasteiger partial charge is 0.251 e. The molecule has 0 spiro atoms. The van der Waals surface area contributed by atoms with Gasteiger partial charge in [-0.15, -0.1) is 0 Å². The first-order valence-corrected chi connectivity index (χ1v) is 5.95. The average molecular weight is 260 g/mol. The van der Waals surface area contributed by atoms with Crippen LogP contribution in [0.15, 0.2) is 23.1 Å². The Balaban J connectivity index is 2.11. The van der Waals surface area contributed by atoms with Crippen molar-refractivity contribution in [2.24, 2.45) is 7.05 Å². The summed E-state index contributed by atoms with van der Waals surface area (Å²) in [7, 11) is 1.87. The van der Waals surface area contributed by atoms with Crippen LogP contribution in [0.25, 0.3) is 0 Å². The maximum atomic E-state index is 11.9. The van der Waals surface area contributed by atoms with Crippen molar-refractivity contribution in [3.8, 4) is 0 Å². The second kappa shape index (κ2) is 5.09. The van der Waals surface area contributed by atoms with E-state index in [-0.39, 0.29) is 11.5 Å². The molecular weight excluding hydrogens is 244 g/mol. The fourth-order valence-electron chi connectivity index (χ4n) is 1.93. The summed E-state index contributed by atoms with van der Waals surface area (Å²) in [5, 5.41) is 7.08. The number of carbonyl (C=O) groups is 1. The molecule has 2 aromatic rings. The number of rotatable bonds is 3. The molecule has 2 heterocycles. The minimum Gasteiger partial charge on any atom is -0.348 e. The number of pyridine rings is 1. The van der Waals surface area contributed by atoms with Crippen LogP contribution in [0.5, 0.6) is 0 Å². The number of amides is 1. The van der Waals surface area contributed by atoms with Gasteiger partial charge in [0.05, 0.1) is 5.69 Å². The predicted molar refractivity (Wildman–Crippen MR) is 70.9 cm³/mol. The third kappa shape index (κ3) is 2.73. The van der Waals surface area contributed by atoms with Crippen molar-refractivity contribution < 1.29 is 4.79 Å². The molecule has 0 aliphatic rings. The largest absolute Gasteiger partial charge is 0.348 e. The maximum Gasteiger partial charge on any atom is 0.251 e.